The molecule has 0 radical (unpaired) electrons. The molecule has 0 bridgehead atoms. The van der Waals surface area contributed by atoms with E-state index in [0.29, 0.717) is 27.9 Å². The number of para-hydroxylation sites is 2. The maximum absolute atomic E-state index is 14.5. The van der Waals surface area contributed by atoms with Crippen LogP contribution in [0.25, 0.3) is 16.6 Å². The van der Waals surface area contributed by atoms with E-state index in [9.17, 15) is 14.0 Å². The molecule has 1 heterocycles. The third-order valence-electron chi connectivity index (χ3n) is 6.22. The van der Waals surface area contributed by atoms with Gasteiger partial charge in [-0.15, -0.1) is 0 Å². The van der Waals surface area contributed by atoms with Gasteiger partial charge in [0.25, 0.3) is 5.56 Å². The summed E-state index contributed by atoms with van der Waals surface area (Å²) in [7, 11) is 0. The number of aromatic nitrogens is 2. The lowest BCUT2D eigenvalue weighted by atomic mass is 9.78. The van der Waals surface area contributed by atoms with E-state index in [2.05, 4.69) is 24.1 Å². The molecular formula is C24H26FN3O2S. The van der Waals surface area contributed by atoms with Crippen LogP contribution in [0, 0.1) is 17.7 Å². The molecule has 3 atom stereocenters. The summed E-state index contributed by atoms with van der Waals surface area (Å²) in [6, 6.07) is 13.2. The number of thioether (sulfide) groups is 1. The summed E-state index contributed by atoms with van der Waals surface area (Å²) in [6.07, 6.45) is 3.29. The Morgan fingerprint density at radius 3 is 2.71 bits per heavy atom. The van der Waals surface area contributed by atoms with Gasteiger partial charge in [0.1, 0.15) is 5.82 Å². The zero-order valence-electron chi connectivity index (χ0n) is 17.7. The van der Waals surface area contributed by atoms with Gasteiger partial charge in [0, 0.05) is 6.04 Å². The number of halogens is 1. The smallest absolute Gasteiger partial charge is 0.266 e. The first kappa shape index (κ1) is 21.6. The molecule has 1 aromatic heterocycles. The molecule has 31 heavy (non-hydrogen) atoms. The minimum Gasteiger partial charge on any atom is -0.352 e. The highest BCUT2D eigenvalue weighted by Crippen LogP contribution is 2.30. The highest BCUT2D eigenvalue weighted by Gasteiger charge is 2.28. The first-order valence-corrected chi connectivity index (χ1v) is 11.6. The van der Waals surface area contributed by atoms with Crippen LogP contribution in [0.5, 0.6) is 0 Å². The number of amides is 1. The Hall–Kier alpha value is -2.67. The maximum Gasteiger partial charge on any atom is 0.266 e. The van der Waals surface area contributed by atoms with Gasteiger partial charge in [-0.05, 0) is 42.5 Å². The minimum atomic E-state index is -0.516. The maximum atomic E-state index is 14.5. The molecule has 2 aromatic carbocycles. The topological polar surface area (TPSA) is 64.0 Å². The van der Waals surface area contributed by atoms with Gasteiger partial charge < -0.3 is 5.32 Å². The van der Waals surface area contributed by atoms with Crippen LogP contribution in [0.15, 0.2) is 58.5 Å². The molecule has 0 unspecified atom stereocenters. The number of hydrogen-bond donors (Lipinski definition) is 1. The molecule has 4 rings (SSSR count). The zero-order chi connectivity index (χ0) is 22.0. The predicted octanol–water partition coefficient (Wildman–Crippen LogP) is 4.56. The average Bonchev–Trinajstić information content (AvgIpc) is 2.76. The first-order valence-electron chi connectivity index (χ1n) is 10.6. The van der Waals surface area contributed by atoms with E-state index in [0.717, 1.165) is 24.6 Å². The average molecular weight is 440 g/mol. The van der Waals surface area contributed by atoms with Crippen molar-refractivity contribution in [3.05, 3.63) is 64.7 Å². The van der Waals surface area contributed by atoms with Crippen LogP contribution >= 0.6 is 11.8 Å². The van der Waals surface area contributed by atoms with Crippen molar-refractivity contribution in [2.24, 2.45) is 11.8 Å². The molecule has 1 aliphatic rings. The monoisotopic (exact) mass is 439 g/mol. The fourth-order valence-corrected chi connectivity index (χ4v) is 5.04. The van der Waals surface area contributed by atoms with Gasteiger partial charge in [0.15, 0.2) is 5.16 Å². The fourth-order valence-electron chi connectivity index (χ4n) is 4.22. The summed E-state index contributed by atoms with van der Waals surface area (Å²) in [5.74, 6) is 0.506. The Balaban J connectivity index is 1.62. The summed E-state index contributed by atoms with van der Waals surface area (Å²) < 4.78 is 15.8. The van der Waals surface area contributed by atoms with Gasteiger partial charge in [-0.2, -0.15) is 0 Å². The van der Waals surface area contributed by atoms with Crippen molar-refractivity contribution < 1.29 is 9.18 Å². The van der Waals surface area contributed by atoms with Crippen LogP contribution in [-0.4, -0.2) is 27.3 Å². The lowest BCUT2D eigenvalue weighted by Gasteiger charge is -2.34. The second-order valence-electron chi connectivity index (χ2n) is 8.23. The van der Waals surface area contributed by atoms with Crippen molar-refractivity contribution in [3.8, 4) is 5.69 Å². The molecule has 0 saturated heterocycles. The zero-order valence-corrected chi connectivity index (χ0v) is 18.5. The number of nitrogens with zero attached hydrogens (tertiary/aromatic N) is 2. The largest absolute Gasteiger partial charge is 0.352 e. The molecular weight excluding hydrogens is 413 g/mol. The Morgan fingerprint density at radius 1 is 1.16 bits per heavy atom. The van der Waals surface area contributed by atoms with E-state index in [1.54, 1.807) is 42.5 Å². The normalized spacial score (nSPS) is 21.2. The second-order valence-corrected chi connectivity index (χ2v) is 9.18. The number of rotatable bonds is 5. The van der Waals surface area contributed by atoms with E-state index in [1.807, 2.05) is 0 Å². The summed E-state index contributed by atoms with van der Waals surface area (Å²) in [6.45, 7) is 4.41. The van der Waals surface area contributed by atoms with Crippen molar-refractivity contribution in [2.45, 2.75) is 44.3 Å². The van der Waals surface area contributed by atoms with Crippen molar-refractivity contribution in [3.63, 3.8) is 0 Å². The highest BCUT2D eigenvalue weighted by molar-refractivity contribution is 7.99. The Morgan fingerprint density at radius 2 is 1.90 bits per heavy atom. The molecule has 1 aliphatic carbocycles. The van der Waals surface area contributed by atoms with Crippen LogP contribution in [0.2, 0.25) is 0 Å². The summed E-state index contributed by atoms with van der Waals surface area (Å²) >= 11 is 1.15. The summed E-state index contributed by atoms with van der Waals surface area (Å²) in [5.41, 5.74) is 0.300. The predicted molar refractivity (Wildman–Crippen MR) is 122 cm³/mol. The van der Waals surface area contributed by atoms with Crippen LogP contribution in [0.4, 0.5) is 4.39 Å². The molecule has 0 spiro atoms. The molecule has 1 fully saturated rings. The Bertz CT molecular complexity index is 1160. The Kier molecular flexibility index (Phi) is 6.41. The van der Waals surface area contributed by atoms with Gasteiger partial charge in [-0.3, -0.25) is 14.2 Å². The second kappa shape index (κ2) is 9.22. The molecule has 162 valence electrons. The van der Waals surface area contributed by atoms with Gasteiger partial charge in [-0.1, -0.05) is 62.7 Å². The van der Waals surface area contributed by atoms with E-state index in [4.69, 9.17) is 0 Å². The van der Waals surface area contributed by atoms with Gasteiger partial charge in [0.2, 0.25) is 5.91 Å². The quantitative estimate of drug-likeness (QED) is 0.468. The molecule has 3 aromatic rings. The summed E-state index contributed by atoms with van der Waals surface area (Å²) in [4.78, 5) is 30.4. The number of fused-ring (bicyclic) bond motifs is 1. The lowest BCUT2D eigenvalue weighted by Crippen LogP contribution is -2.44. The van der Waals surface area contributed by atoms with Crippen molar-refractivity contribution in [2.75, 3.05) is 5.75 Å². The number of carbonyl (C=O) groups is 1. The standard InChI is InChI=1S/C24H26FN3O2S/c1-15-8-7-12-19(16(15)2)26-22(29)14-31-24-27-20-11-5-3-9-17(20)23(30)28(24)21-13-6-4-10-18(21)25/h3-6,9-11,13,15-16,19H,7-8,12,14H2,1-2H3,(H,26,29)/t15-,16-,19-/m1/s1. The molecule has 1 amide bonds. The minimum absolute atomic E-state index is 0.0987. The first-order chi connectivity index (χ1) is 15.0. The highest BCUT2D eigenvalue weighted by atomic mass is 32.2. The number of benzene rings is 2. The summed E-state index contributed by atoms with van der Waals surface area (Å²) in [5, 5.41) is 3.85. The van der Waals surface area contributed by atoms with E-state index in [1.165, 1.54) is 17.1 Å². The molecule has 1 saturated carbocycles. The van der Waals surface area contributed by atoms with E-state index < -0.39 is 5.82 Å². The molecule has 1 N–H and O–H groups in total. The van der Waals surface area contributed by atoms with Gasteiger partial charge in [0.05, 0.1) is 22.3 Å². The van der Waals surface area contributed by atoms with E-state index in [-0.39, 0.29) is 28.9 Å². The van der Waals surface area contributed by atoms with Gasteiger partial charge >= 0.3 is 0 Å². The van der Waals surface area contributed by atoms with Crippen molar-refractivity contribution in [1.82, 2.24) is 14.9 Å². The lowest BCUT2D eigenvalue weighted by molar-refractivity contribution is -0.120. The van der Waals surface area contributed by atoms with Crippen LogP contribution in [0.1, 0.15) is 33.1 Å². The number of nitrogens with one attached hydrogen (secondary N) is 1. The SMILES string of the molecule is C[C@@H]1[C@H](C)CCC[C@H]1NC(=O)CSc1nc2ccccc2c(=O)n1-c1ccccc1F. The van der Waals surface area contributed by atoms with Crippen molar-refractivity contribution in [1.29, 1.82) is 0 Å². The molecule has 7 heteroatoms. The molecule has 5 nitrogen and oxygen atoms in total. The fraction of sp³-hybridized carbons (Fsp3) is 0.375. The third-order valence-corrected chi connectivity index (χ3v) is 7.16. The Labute approximate surface area is 185 Å². The third kappa shape index (κ3) is 4.51. The number of hydrogen-bond acceptors (Lipinski definition) is 4. The van der Waals surface area contributed by atoms with Crippen LogP contribution in [0.3, 0.4) is 0 Å². The van der Waals surface area contributed by atoms with Gasteiger partial charge in [-0.25, -0.2) is 9.37 Å². The van der Waals surface area contributed by atoms with E-state index >= 15 is 0 Å². The van der Waals surface area contributed by atoms with Crippen molar-refractivity contribution >= 4 is 28.6 Å². The van der Waals surface area contributed by atoms with Crippen LogP contribution in [-0.2, 0) is 4.79 Å². The van der Waals surface area contributed by atoms with Crippen LogP contribution < -0.4 is 10.9 Å². The molecule has 0 aliphatic heterocycles. The number of carbonyl (C=O) groups excluding carboxylic acids is 1.